The standard InChI is InChI=1S/C28H36ClN3O6S/c1-16(2)12-21(27(35)38-28(5,6)7)30-25(33)15-23-26(34)31-20-10-8-9-11-22(20)32(23)39(36,37)24-14-17(3)19(29)13-18(24)4/h8-11,13-14,16,21,23H,12,15H2,1-7H3,(H,30,33)(H,31,34)/t21-,23+/m0/s1. The number of anilines is 2. The molecule has 11 heteroatoms. The highest BCUT2D eigenvalue weighted by Gasteiger charge is 2.43. The molecule has 2 aromatic rings. The van der Waals surface area contributed by atoms with Crippen LogP contribution in [0.15, 0.2) is 41.3 Å². The van der Waals surface area contributed by atoms with Crippen LogP contribution in [0.25, 0.3) is 0 Å². The molecule has 0 bridgehead atoms. The highest BCUT2D eigenvalue weighted by atomic mass is 35.5. The quantitative estimate of drug-likeness (QED) is 0.437. The highest BCUT2D eigenvalue weighted by molar-refractivity contribution is 7.93. The number of esters is 1. The predicted molar refractivity (Wildman–Crippen MR) is 151 cm³/mol. The van der Waals surface area contributed by atoms with Crippen LogP contribution in [0.2, 0.25) is 5.02 Å². The van der Waals surface area contributed by atoms with Gasteiger partial charge in [0.05, 0.1) is 22.7 Å². The van der Waals surface area contributed by atoms with Gasteiger partial charge in [-0.2, -0.15) is 0 Å². The first-order valence-corrected chi connectivity index (χ1v) is 14.6. The first-order chi connectivity index (χ1) is 18.0. The predicted octanol–water partition coefficient (Wildman–Crippen LogP) is 4.74. The number of sulfonamides is 1. The molecule has 39 heavy (non-hydrogen) atoms. The number of halogens is 1. The number of hydrogen-bond acceptors (Lipinski definition) is 6. The maximum atomic E-state index is 14.1. The molecule has 0 radical (unpaired) electrons. The lowest BCUT2D eigenvalue weighted by Crippen LogP contribution is -2.54. The minimum atomic E-state index is -4.32. The van der Waals surface area contributed by atoms with Crippen molar-refractivity contribution in [3.05, 3.63) is 52.5 Å². The second kappa shape index (κ2) is 11.6. The zero-order chi connectivity index (χ0) is 29.3. The van der Waals surface area contributed by atoms with Crippen LogP contribution in [-0.4, -0.2) is 43.9 Å². The maximum Gasteiger partial charge on any atom is 0.329 e. The van der Waals surface area contributed by atoms with Crippen LogP contribution < -0.4 is 14.9 Å². The smallest absolute Gasteiger partial charge is 0.329 e. The van der Waals surface area contributed by atoms with Crippen molar-refractivity contribution in [3.8, 4) is 0 Å². The Hall–Kier alpha value is -3.11. The Labute approximate surface area is 235 Å². The number of carbonyl (C=O) groups excluding carboxylic acids is 3. The van der Waals surface area contributed by atoms with E-state index in [1.165, 1.54) is 6.07 Å². The number of nitrogens with one attached hydrogen (secondary N) is 2. The number of aryl methyl sites for hydroxylation is 2. The fourth-order valence-electron chi connectivity index (χ4n) is 4.36. The van der Waals surface area contributed by atoms with E-state index >= 15 is 0 Å². The molecule has 212 valence electrons. The lowest BCUT2D eigenvalue weighted by Gasteiger charge is -2.37. The number of carbonyl (C=O) groups is 3. The largest absolute Gasteiger partial charge is 0.458 e. The summed E-state index contributed by atoms with van der Waals surface area (Å²) in [6, 6.07) is 7.13. The number of ether oxygens (including phenoxy) is 1. The zero-order valence-electron chi connectivity index (χ0n) is 23.3. The van der Waals surface area contributed by atoms with Crippen molar-refractivity contribution < 1.29 is 27.5 Å². The third kappa shape index (κ3) is 7.10. The summed E-state index contributed by atoms with van der Waals surface area (Å²) in [7, 11) is -4.32. The zero-order valence-corrected chi connectivity index (χ0v) is 24.9. The number of fused-ring (bicyclic) bond motifs is 1. The molecule has 0 aromatic heterocycles. The average molecular weight is 578 g/mol. The molecule has 1 aliphatic rings. The minimum Gasteiger partial charge on any atom is -0.458 e. The number of nitrogens with zero attached hydrogens (tertiary/aromatic N) is 1. The van der Waals surface area contributed by atoms with Gasteiger partial charge in [0.25, 0.3) is 10.0 Å². The van der Waals surface area contributed by atoms with E-state index in [9.17, 15) is 22.8 Å². The van der Waals surface area contributed by atoms with Gasteiger partial charge in [-0.15, -0.1) is 0 Å². The van der Waals surface area contributed by atoms with E-state index in [0.29, 0.717) is 28.3 Å². The molecule has 2 atom stereocenters. The van der Waals surface area contributed by atoms with E-state index in [1.807, 2.05) is 13.8 Å². The fraction of sp³-hybridized carbons (Fsp3) is 0.464. The van der Waals surface area contributed by atoms with E-state index in [-0.39, 0.29) is 16.5 Å². The number of rotatable bonds is 8. The van der Waals surface area contributed by atoms with Crippen molar-refractivity contribution in [2.45, 2.75) is 83.9 Å². The Balaban J connectivity index is 2.01. The van der Waals surface area contributed by atoms with E-state index in [4.69, 9.17) is 16.3 Å². The Bertz CT molecular complexity index is 1380. The van der Waals surface area contributed by atoms with Crippen molar-refractivity contribution >= 4 is 50.8 Å². The van der Waals surface area contributed by atoms with Gasteiger partial charge in [0.15, 0.2) is 0 Å². The van der Waals surface area contributed by atoms with Gasteiger partial charge in [-0.05, 0) is 82.3 Å². The normalized spacial score (nSPS) is 16.4. The first-order valence-electron chi connectivity index (χ1n) is 12.7. The Kier molecular flexibility index (Phi) is 9.02. The summed E-state index contributed by atoms with van der Waals surface area (Å²) in [5, 5.41) is 5.79. The molecular weight excluding hydrogens is 542 g/mol. The monoisotopic (exact) mass is 577 g/mol. The van der Waals surface area contributed by atoms with Crippen LogP contribution in [0.5, 0.6) is 0 Å². The Morgan fingerprint density at radius 1 is 1.13 bits per heavy atom. The van der Waals surface area contributed by atoms with Crippen LogP contribution in [0.1, 0.15) is 58.6 Å². The second-order valence-corrected chi connectivity index (χ2v) is 13.4. The molecule has 3 rings (SSSR count). The van der Waals surface area contributed by atoms with E-state index < -0.39 is 51.9 Å². The van der Waals surface area contributed by atoms with Gasteiger partial charge in [-0.1, -0.05) is 37.6 Å². The van der Waals surface area contributed by atoms with Crippen LogP contribution in [0, 0.1) is 19.8 Å². The Morgan fingerprint density at radius 2 is 1.77 bits per heavy atom. The minimum absolute atomic E-state index is 0.0225. The summed E-state index contributed by atoms with van der Waals surface area (Å²) in [5.41, 5.74) is 0.729. The van der Waals surface area contributed by atoms with Crippen molar-refractivity contribution in [1.29, 1.82) is 0 Å². The van der Waals surface area contributed by atoms with Crippen LogP contribution >= 0.6 is 11.6 Å². The van der Waals surface area contributed by atoms with Crippen LogP contribution in [0.4, 0.5) is 11.4 Å². The molecule has 1 aliphatic heterocycles. The Morgan fingerprint density at radius 3 is 2.38 bits per heavy atom. The summed E-state index contributed by atoms with van der Waals surface area (Å²) < 4.78 is 34.7. The summed E-state index contributed by atoms with van der Waals surface area (Å²) in [6.45, 7) is 12.3. The molecular formula is C28H36ClN3O6S. The number of para-hydroxylation sites is 2. The molecule has 0 aliphatic carbocycles. The van der Waals surface area contributed by atoms with Gasteiger partial charge in [-0.3, -0.25) is 13.9 Å². The molecule has 0 fully saturated rings. The van der Waals surface area contributed by atoms with E-state index in [0.717, 1.165) is 4.31 Å². The third-order valence-electron chi connectivity index (χ3n) is 6.09. The molecule has 2 amide bonds. The topological polar surface area (TPSA) is 122 Å². The molecule has 1 heterocycles. The lowest BCUT2D eigenvalue weighted by atomic mass is 10.0. The van der Waals surface area contributed by atoms with Gasteiger partial charge < -0.3 is 15.4 Å². The van der Waals surface area contributed by atoms with Crippen molar-refractivity contribution in [1.82, 2.24) is 5.32 Å². The van der Waals surface area contributed by atoms with E-state index in [2.05, 4.69) is 10.6 Å². The van der Waals surface area contributed by atoms with Crippen molar-refractivity contribution in [3.63, 3.8) is 0 Å². The number of benzene rings is 2. The molecule has 0 spiro atoms. The van der Waals surface area contributed by atoms with E-state index in [1.54, 1.807) is 65.0 Å². The number of amides is 2. The summed E-state index contributed by atoms with van der Waals surface area (Å²) >= 11 is 6.21. The first kappa shape index (κ1) is 30.4. The average Bonchev–Trinajstić information content (AvgIpc) is 2.79. The fourth-order valence-corrected chi connectivity index (χ4v) is 6.51. The molecule has 2 N–H and O–H groups in total. The second-order valence-electron chi connectivity index (χ2n) is 11.2. The summed E-state index contributed by atoms with van der Waals surface area (Å²) in [6.07, 6.45) is -0.200. The van der Waals surface area contributed by atoms with Gasteiger partial charge in [-0.25, -0.2) is 13.2 Å². The van der Waals surface area contributed by atoms with Crippen molar-refractivity contribution in [2.24, 2.45) is 5.92 Å². The van der Waals surface area contributed by atoms with Crippen LogP contribution in [-0.2, 0) is 29.1 Å². The molecule has 0 saturated heterocycles. The van der Waals surface area contributed by atoms with Gasteiger partial charge in [0.2, 0.25) is 11.8 Å². The van der Waals surface area contributed by atoms with Gasteiger partial charge >= 0.3 is 5.97 Å². The van der Waals surface area contributed by atoms with Gasteiger partial charge in [0, 0.05) is 5.02 Å². The maximum absolute atomic E-state index is 14.1. The van der Waals surface area contributed by atoms with Crippen molar-refractivity contribution in [2.75, 3.05) is 9.62 Å². The molecule has 9 nitrogen and oxygen atoms in total. The van der Waals surface area contributed by atoms with Crippen LogP contribution in [0.3, 0.4) is 0 Å². The third-order valence-corrected chi connectivity index (χ3v) is 8.46. The molecule has 0 unspecified atom stereocenters. The lowest BCUT2D eigenvalue weighted by molar-refractivity contribution is -0.159. The summed E-state index contributed by atoms with van der Waals surface area (Å²) in [4.78, 5) is 39.3. The SMILES string of the molecule is Cc1cc(S(=O)(=O)N2c3ccccc3NC(=O)[C@H]2CC(=O)N[C@@H](CC(C)C)C(=O)OC(C)(C)C)c(C)cc1Cl. The summed E-state index contributed by atoms with van der Waals surface area (Å²) in [5.74, 6) is -1.86. The number of hydrogen-bond donors (Lipinski definition) is 2. The highest BCUT2D eigenvalue weighted by Crippen LogP contribution is 2.38. The van der Waals surface area contributed by atoms with Gasteiger partial charge in [0.1, 0.15) is 17.7 Å². The molecule has 2 aromatic carbocycles. The molecule has 0 saturated carbocycles.